The lowest BCUT2D eigenvalue weighted by Crippen LogP contribution is -1.98. The summed E-state index contributed by atoms with van der Waals surface area (Å²) in [4.78, 5) is 2.02. The lowest BCUT2D eigenvalue weighted by atomic mass is 10.2. The van der Waals surface area contributed by atoms with E-state index >= 15 is 0 Å². The van der Waals surface area contributed by atoms with Gasteiger partial charge >= 0.3 is 0 Å². The first kappa shape index (κ1) is 13.0. The Morgan fingerprint density at radius 1 is 1.29 bits per heavy atom. The number of rotatable bonds is 4. The molecule has 1 aromatic carbocycles. The number of benzene rings is 1. The Morgan fingerprint density at radius 3 is 2.59 bits per heavy atom. The predicted molar refractivity (Wildman–Crippen MR) is 76.2 cm³/mol. The summed E-state index contributed by atoms with van der Waals surface area (Å²) in [5, 5.41) is 12.6. The molecule has 1 unspecified atom stereocenters. The molecular formula is C13H13ClOS2. The Kier molecular flexibility index (Phi) is 4.51. The monoisotopic (exact) mass is 284 g/mol. The molecule has 1 N–H and O–H groups in total. The Bertz CT molecular complexity index is 478. The van der Waals surface area contributed by atoms with Crippen LogP contribution in [0.15, 0.2) is 40.6 Å². The van der Waals surface area contributed by atoms with E-state index in [0.29, 0.717) is 10.8 Å². The molecule has 0 amide bonds. The number of aliphatic hydroxyl groups is 1. The van der Waals surface area contributed by atoms with Gasteiger partial charge in [-0.1, -0.05) is 29.3 Å². The number of hydrogen-bond acceptors (Lipinski definition) is 3. The summed E-state index contributed by atoms with van der Waals surface area (Å²) in [7, 11) is 0. The van der Waals surface area contributed by atoms with Gasteiger partial charge in [-0.25, -0.2) is 0 Å². The summed E-state index contributed by atoms with van der Waals surface area (Å²) < 4.78 is 0. The van der Waals surface area contributed by atoms with Crippen molar-refractivity contribution in [3.8, 4) is 0 Å². The molecule has 1 nitrogen and oxygen atoms in total. The molecule has 0 bridgehead atoms. The van der Waals surface area contributed by atoms with E-state index in [0.717, 1.165) is 4.88 Å². The molecule has 0 aliphatic heterocycles. The zero-order valence-electron chi connectivity index (χ0n) is 9.39. The summed E-state index contributed by atoms with van der Waals surface area (Å²) in [5.41, 5.74) is 1.25. The van der Waals surface area contributed by atoms with Gasteiger partial charge in [0.15, 0.2) is 0 Å². The third-order valence-corrected chi connectivity index (χ3v) is 4.92. The molecular weight excluding hydrogens is 272 g/mol. The summed E-state index contributed by atoms with van der Waals surface area (Å²) in [5.74, 6) is 0.628. The number of hydrogen-bond donors (Lipinski definition) is 1. The minimum atomic E-state index is -0.492. The van der Waals surface area contributed by atoms with Gasteiger partial charge in [0.1, 0.15) is 0 Å². The smallest absolute Gasteiger partial charge is 0.0990 e. The Morgan fingerprint density at radius 2 is 2.00 bits per heavy atom. The number of aliphatic hydroxyl groups excluding tert-OH is 1. The van der Waals surface area contributed by atoms with Crippen molar-refractivity contribution < 1.29 is 5.11 Å². The first-order valence-corrected chi connectivity index (χ1v) is 7.51. The highest BCUT2D eigenvalue weighted by Gasteiger charge is 2.13. The van der Waals surface area contributed by atoms with E-state index < -0.39 is 6.10 Å². The average Bonchev–Trinajstić information content (AvgIpc) is 2.74. The second-order valence-corrected chi connectivity index (χ2v) is 6.22. The Labute approximate surface area is 114 Å². The van der Waals surface area contributed by atoms with Crippen molar-refractivity contribution in [2.45, 2.75) is 17.9 Å². The number of halogens is 1. The Balaban J connectivity index is 1.94. The van der Waals surface area contributed by atoms with Crippen LogP contribution >= 0.6 is 34.7 Å². The van der Waals surface area contributed by atoms with Crippen molar-refractivity contribution in [1.29, 1.82) is 0 Å². The molecule has 0 aliphatic carbocycles. The summed E-state index contributed by atoms with van der Waals surface area (Å²) >= 11 is 9.12. The van der Waals surface area contributed by atoms with Crippen LogP contribution < -0.4 is 0 Å². The number of aryl methyl sites for hydroxylation is 1. The van der Waals surface area contributed by atoms with Crippen molar-refractivity contribution in [1.82, 2.24) is 0 Å². The van der Waals surface area contributed by atoms with Gasteiger partial charge in [0.2, 0.25) is 0 Å². The van der Waals surface area contributed by atoms with Crippen LogP contribution in [-0.4, -0.2) is 10.9 Å². The van der Waals surface area contributed by atoms with Gasteiger partial charge in [-0.15, -0.1) is 23.1 Å². The molecule has 0 fully saturated rings. The lowest BCUT2D eigenvalue weighted by molar-refractivity contribution is 0.208. The average molecular weight is 285 g/mol. The van der Waals surface area contributed by atoms with Gasteiger partial charge in [0, 0.05) is 10.6 Å². The highest BCUT2D eigenvalue weighted by atomic mass is 35.5. The van der Waals surface area contributed by atoms with Crippen LogP contribution in [0.4, 0.5) is 0 Å². The van der Waals surface area contributed by atoms with Gasteiger partial charge in [-0.2, -0.15) is 0 Å². The fraction of sp³-hybridized carbons (Fsp3) is 0.231. The van der Waals surface area contributed by atoms with Crippen LogP contribution in [0.25, 0.3) is 0 Å². The molecule has 90 valence electrons. The lowest BCUT2D eigenvalue weighted by Gasteiger charge is -2.09. The normalized spacial score (nSPS) is 12.6. The van der Waals surface area contributed by atoms with E-state index in [4.69, 9.17) is 11.6 Å². The third-order valence-electron chi connectivity index (χ3n) is 2.38. The number of thiophene rings is 1. The van der Waals surface area contributed by atoms with Crippen LogP contribution in [0, 0.1) is 6.92 Å². The second kappa shape index (κ2) is 5.91. The molecule has 2 aromatic rings. The van der Waals surface area contributed by atoms with Crippen LogP contribution in [0.2, 0.25) is 5.02 Å². The van der Waals surface area contributed by atoms with Crippen LogP contribution in [0.3, 0.4) is 0 Å². The van der Waals surface area contributed by atoms with E-state index in [1.54, 1.807) is 11.8 Å². The minimum Gasteiger partial charge on any atom is -0.387 e. The van der Waals surface area contributed by atoms with Crippen LogP contribution in [-0.2, 0) is 0 Å². The molecule has 0 saturated carbocycles. The highest BCUT2D eigenvalue weighted by molar-refractivity contribution is 7.99. The molecule has 1 atom stereocenters. The van der Waals surface area contributed by atoms with E-state index in [1.165, 1.54) is 21.8 Å². The molecule has 0 aliphatic rings. The topological polar surface area (TPSA) is 20.2 Å². The quantitative estimate of drug-likeness (QED) is 0.832. The summed E-state index contributed by atoms with van der Waals surface area (Å²) in [6.07, 6.45) is -0.492. The van der Waals surface area contributed by atoms with Gasteiger partial charge in [-0.05, 0) is 30.5 Å². The maximum atomic E-state index is 10.0. The first-order chi connectivity index (χ1) is 8.16. The predicted octanol–water partition coefficient (Wildman–Crippen LogP) is 4.54. The summed E-state index contributed by atoms with van der Waals surface area (Å²) in [6, 6.07) is 10.1. The van der Waals surface area contributed by atoms with Crippen LogP contribution in [0.5, 0.6) is 0 Å². The van der Waals surface area contributed by atoms with Crippen LogP contribution in [0.1, 0.15) is 16.5 Å². The van der Waals surface area contributed by atoms with Gasteiger partial charge < -0.3 is 5.11 Å². The molecule has 0 spiro atoms. The van der Waals surface area contributed by atoms with Crippen molar-refractivity contribution in [3.05, 3.63) is 51.2 Å². The van der Waals surface area contributed by atoms with Gasteiger partial charge in [0.25, 0.3) is 0 Å². The molecule has 2 rings (SSSR count). The molecule has 1 aromatic heterocycles. The van der Waals surface area contributed by atoms with Crippen molar-refractivity contribution in [2.75, 3.05) is 5.75 Å². The maximum absolute atomic E-state index is 10.0. The largest absolute Gasteiger partial charge is 0.387 e. The zero-order chi connectivity index (χ0) is 12.3. The second-order valence-electron chi connectivity index (χ2n) is 3.77. The molecule has 0 saturated heterocycles. The van der Waals surface area contributed by atoms with Gasteiger partial charge in [0.05, 0.1) is 16.0 Å². The van der Waals surface area contributed by atoms with E-state index in [2.05, 4.69) is 31.2 Å². The third kappa shape index (κ3) is 3.49. The Hall–Kier alpha value is -0.480. The van der Waals surface area contributed by atoms with Crippen molar-refractivity contribution >= 4 is 34.7 Å². The van der Waals surface area contributed by atoms with Crippen molar-refractivity contribution in [3.63, 3.8) is 0 Å². The molecule has 17 heavy (non-hydrogen) atoms. The zero-order valence-corrected chi connectivity index (χ0v) is 11.8. The molecule has 4 heteroatoms. The fourth-order valence-electron chi connectivity index (χ4n) is 1.43. The van der Waals surface area contributed by atoms with Gasteiger partial charge in [-0.3, -0.25) is 0 Å². The van der Waals surface area contributed by atoms with E-state index in [-0.39, 0.29) is 0 Å². The standard InChI is InChI=1S/C13H13ClOS2/c1-9-2-4-10(5-3-9)17-8-12(15)13-11(14)6-7-16-13/h2-7,12,15H,8H2,1H3. The first-order valence-electron chi connectivity index (χ1n) is 5.27. The SMILES string of the molecule is Cc1ccc(SCC(O)c2sccc2Cl)cc1. The fourth-order valence-corrected chi connectivity index (χ4v) is 3.55. The highest BCUT2D eigenvalue weighted by Crippen LogP contribution is 2.32. The number of thioether (sulfide) groups is 1. The maximum Gasteiger partial charge on any atom is 0.0990 e. The van der Waals surface area contributed by atoms with Crippen molar-refractivity contribution in [2.24, 2.45) is 0 Å². The van der Waals surface area contributed by atoms with E-state index in [1.807, 2.05) is 11.4 Å². The summed E-state index contributed by atoms with van der Waals surface area (Å²) in [6.45, 7) is 2.06. The minimum absolute atomic E-state index is 0.492. The molecule has 0 radical (unpaired) electrons. The molecule has 1 heterocycles. The van der Waals surface area contributed by atoms with E-state index in [9.17, 15) is 5.11 Å².